The number of carbonyl (C=O) groups excluding carboxylic acids is 1. The summed E-state index contributed by atoms with van der Waals surface area (Å²) in [5.41, 5.74) is 0.517. The van der Waals surface area contributed by atoms with Gasteiger partial charge in [0.1, 0.15) is 24.0 Å². The number of hydrogen-bond acceptors (Lipinski definition) is 9. The number of aryl methyl sites for hydroxylation is 2. The van der Waals surface area contributed by atoms with Crippen LogP contribution in [0.25, 0.3) is 0 Å². The minimum Gasteiger partial charge on any atom is -0.462 e. The number of hydrogen-bond donors (Lipinski definition) is 2. The highest BCUT2D eigenvalue weighted by atomic mass is 35.5. The van der Waals surface area contributed by atoms with Gasteiger partial charge in [-0.25, -0.2) is 9.36 Å². The second-order valence-electron chi connectivity index (χ2n) is 8.88. The highest BCUT2D eigenvalue weighted by molar-refractivity contribution is 7.52. The zero-order valence-electron chi connectivity index (χ0n) is 21.0. The van der Waals surface area contributed by atoms with E-state index in [-0.39, 0.29) is 5.75 Å². The lowest BCUT2D eigenvalue weighted by molar-refractivity contribution is -0.149. The molecule has 1 fully saturated rings. The Morgan fingerprint density at radius 3 is 2.54 bits per heavy atom. The Hall–Kier alpha value is -1.98. The van der Waals surface area contributed by atoms with Crippen molar-refractivity contribution < 1.29 is 33.0 Å². The molecule has 0 aliphatic carbocycles. The van der Waals surface area contributed by atoms with Gasteiger partial charge in [0.2, 0.25) is 0 Å². The molecule has 2 aromatic rings. The minimum absolute atomic E-state index is 0.199. The molecule has 1 aromatic carbocycles. The van der Waals surface area contributed by atoms with Gasteiger partial charge in [0.05, 0.1) is 12.7 Å². The van der Waals surface area contributed by atoms with E-state index >= 15 is 0 Å². The molecule has 11 nitrogen and oxygen atoms in total. The molecule has 1 saturated heterocycles. The number of carbonyl (C=O) groups is 1. The van der Waals surface area contributed by atoms with Gasteiger partial charge in [0.25, 0.3) is 0 Å². The quantitative estimate of drug-likeness (QED) is 0.245. The van der Waals surface area contributed by atoms with Crippen LogP contribution in [0.4, 0.5) is 0 Å². The van der Waals surface area contributed by atoms with Crippen LogP contribution in [-0.4, -0.2) is 55.9 Å². The first-order valence-corrected chi connectivity index (χ1v) is 13.8. The lowest BCUT2D eigenvalue weighted by Crippen LogP contribution is -2.41. The number of nitrogens with zero attached hydrogens (tertiary/aromatic N) is 2. The molecule has 0 bridgehead atoms. The maximum atomic E-state index is 13.7. The molecule has 5 unspecified atom stereocenters. The molecule has 1 aliphatic rings. The van der Waals surface area contributed by atoms with Crippen LogP contribution in [0, 0.1) is 13.8 Å². The van der Waals surface area contributed by atoms with Gasteiger partial charge in [-0.1, -0.05) is 41.4 Å². The summed E-state index contributed by atoms with van der Waals surface area (Å²) in [6.45, 7) is 7.69. The van der Waals surface area contributed by atoms with E-state index in [9.17, 15) is 19.3 Å². The van der Waals surface area contributed by atoms with Gasteiger partial charge < -0.3 is 19.1 Å². The number of ether oxygens (including phenoxy) is 2. The fourth-order valence-electron chi connectivity index (χ4n) is 3.43. The van der Waals surface area contributed by atoms with Crippen LogP contribution in [0.1, 0.15) is 38.3 Å². The number of rotatable bonds is 10. The Bertz CT molecular complexity index is 1210. The van der Waals surface area contributed by atoms with Crippen LogP contribution < -0.4 is 15.3 Å². The van der Waals surface area contributed by atoms with Gasteiger partial charge >= 0.3 is 19.4 Å². The van der Waals surface area contributed by atoms with E-state index in [4.69, 9.17) is 41.7 Å². The van der Waals surface area contributed by atoms with Crippen molar-refractivity contribution >= 4 is 36.9 Å². The number of halogens is 2. The van der Waals surface area contributed by atoms with E-state index in [1.165, 1.54) is 13.1 Å². The predicted octanol–water partition coefficient (Wildman–Crippen LogP) is 3.43. The van der Waals surface area contributed by atoms with Gasteiger partial charge in [0.15, 0.2) is 10.6 Å². The fraction of sp³-hybridized carbons (Fsp3) is 0.522. The number of para-hydroxylation sites is 1. The molecule has 2 N–H and O–H groups in total. The van der Waals surface area contributed by atoms with Crippen molar-refractivity contribution in [2.45, 2.75) is 69.5 Å². The third-order valence-electron chi connectivity index (χ3n) is 5.45. The maximum Gasteiger partial charge on any atom is 0.459 e. The highest BCUT2D eigenvalue weighted by Crippen LogP contribution is 2.49. The van der Waals surface area contributed by atoms with Crippen LogP contribution in [0.3, 0.4) is 0 Å². The standard InChI is InChI=1S/C23H30Cl2N3O8P/c1-13(2)34-20(30)16(5)27-37(32,36-17-9-7-6-8-10-17)33-12-18-19(29)23(24,25)21(35-18)28-11-14(3)15(4)26-22(28)31/h6-11,13,16,18-19,21,29H,12H2,1-5H3,(H,27,32). The van der Waals surface area contributed by atoms with Crippen molar-refractivity contribution in [1.29, 1.82) is 0 Å². The molecule has 204 valence electrons. The van der Waals surface area contributed by atoms with Gasteiger partial charge in [-0.15, -0.1) is 0 Å². The molecule has 1 aliphatic heterocycles. The summed E-state index contributed by atoms with van der Waals surface area (Å²) < 4.78 is 34.9. The molecule has 0 spiro atoms. The summed E-state index contributed by atoms with van der Waals surface area (Å²) in [5, 5.41) is 13.3. The average molecular weight is 578 g/mol. The number of esters is 1. The number of aromatic nitrogens is 2. The molecule has 0 amide bonds. The maximum absolute atomic E-state index is 13.7. The summed E-state index contributed by atoms with van der Waals surface area (Å²) >= 11 is 12.8. The summed E-state index contributed by atoms with van der Waals surface area (Å²) in [6.07, 6.45) is -3.02. The van der Waals surface area contributed by atoms with Crippen molar-refractivity contribution in [3.63, 3.8) is 0 Å². The Kier molecular flexibility index (Phi) is 9.45. The van der Waals surface area contributed by atoms with Crippen molar-refractivity contribution in [3.8, 4) is 5.75 Å². The second kappa shape index (κ2) is 11.8. The molecule has 0 saturated carbocycles. The summed E-state index contributed by atoms with van der Waals surface area (Å²) in [5.74, 6) is -0.472. The number of aliphatic hydroxyl groups excluding tert-OH is 1. The Balaban J connectivity index is 1.81. The van der Waals surface area contributed by atoms with Crippen molar-refractivity contribution in [2.75, 3.05) is 6.61 Å². The van der Waals surface area contributed by atoms with Crippen LogP contribution >= 0.6 is 30.9 Å². The normalized spacial score (nSPS) is 23.4. The Morgan fingerprint density at radius 1 is 1.27 bits per heavy atom. The first-order valence-electron chi connectivity index (χ1n) is 11.5. The molecule has 2 heterocycles. The lowest BCUT2D eigenvalue weighted by atomic mass is 10.1. The van der Waals surface area contributed by atoms with Crippen LogP contribution in [0.5, 0.6) is 5.75 Å². The zero-order valence-corrected chi connectivity index (χ0v) is 23.4. The number of aliphatic hydroxyl groups is 1. The molecular formula is C23H30Cl2N3O8P. The molecule has 3 rings (SSSR count). The summed E-state index contributed by atoms with van der Waals surface area (Å²) in [4.78, 5) is 28.7. The smallest absolute Gasteiger partial charge is 0.459 e. The largest absolute Gasteiger partial charge is 0.462 e. The lowest BCUT2D eigenvalue weighted by Gasteiger charge is -2.25. The van der Waals surface area contributed by atoms with Gasteiger partial charge in [0, 0.05) is 11.9 Å². The van der Waals surface area contributed by atoms with E-state index in [2.05, 4.69) is 10.1 Å². The van der Waals surface area contributed by atoms with Crippen molar-refractivity contribution in [3.05, 3.63) is 58.3 Å². The van der Waals surface area contributed by atoms with Gasteiger partial charge in [-0.3, -0.25) is 13.9 Å². The molecule has 37 heavy (non-hydrogen) atoms. The average Bonchev–Trinajstić information content (AvgIpc) is 3.03. The van der Waals surface area contributed by atoms with Crippen LogP contribution in [0.15, 0.2) is 41.3 Å². The predicted molar refractivity (Wildman–Crippen MR) is 137 cm³/mol. The molecule has 1 aromatic heterocycles. The molecule has 5 atom stereocenters. The van der Waals surface area contributed by atoms with E-state index in [0.29, 0.717) is 11.3 Å². The third kappa shape index (κ3) is 7.11. The number of nitrogens with one attached hydrogen (secondary N) is 1. The first-order chi connectivity index (χ1) is 17.2. The zero-order chi connectivity index (χ0) is 27.5. The van der Waals surface area contributed by atoms with E-state index in [1.807, 2.05) is 0 Å². The van der Waals surface area contributed by atoms with E-state index in [0.717, 1.165) is 4.57 Å². The molecular weight excluding hydrogens is 548 g/mol. The topological polar surface area (TPSA) is 138 Å². The Morgan fingerprint density at radius 2 is 1.92 bits per heavy atom. The Labute approximate surface area is 224 Å². The number of benzene rings is 1. The SMILES string of the molecule is Cc1cn(C2OC(COP(=O)(NC(C)C(=O)OC(C)C)Oc3ccccc3)C(O)C2(Cl)Cl)c(=O)nc1C. The monoisotopic (exact) mass is 577 g/mol. The first kappa shape index (κ1) is 29.6. The van der Waals surface area contributed by atoms with E-state index < -0.39 is 60.9 Å². The summed E-state index contributed by atoms with van der Waals surface area (Å²) in [6, 6.07) is 7.09. The minimum atomic E-state index is -4.24. The van der Waals surface area contributed by atoms with Gasteiger partial charge in [-0.2, -0.15) is 10.1 Å². The fourth-order valence-corrected chi connectivity index (χ4v) is 5.52. The van der Waals surface area contributed by atoms with Crippen LogP contribution in [0.2, 0.25) is 0 Å². The van der Waals surface area contributed by atoms with Gasteiger partial charge in [-0.05, 0) is 52.3 Å². The van der Waals surface area contributed by atoms with E-state index in [1.54, 1.807) is 58.0 Å². The molecule has 0 radical (unpaired) electrons. The second-order valence-corrected chi connectivity index (χ2v) is 12.0. The summed E-state index contributed by atoms with van der Waals surface area (Å²) in [7, 11) is -4.24. The highest BCUT2D eigenvalue weighted by Gasteiger charge is 2.56. The van der Waals surface area contributed by atoms with Crippen LogP contribution in [-0.2, 0) is 23.4 Å². The molecule has 14 heteroatoms. The third-order valence-corrected chi connectivity index (χ3v) is 7.92. The van der Waals surface area contributed by atoms with Crippen molar-refractivity contribution in [1.82, 2.24) is 14.6 Å². The number of alkyl halides is 2. The van der Waals surface area contributed by atoms with Crippen molar-refractivity contribution in [2.24, 2.45) is 0 Å².